The number of hydrogen-bond donors (Lipinski definition) is 0. The maximum atomic E-state index is 5.67. The molecule has 0 aromatic carbocycles. The van der Waals surface area contributed by atoms with Crippen LogP contribution < -0.4 is 0 Å². The van der Waals surface area contributed by atoms with E-state index in [0.29, 0.717) is 11.2 Å². The summed E-state index contributed by atoms with van der Waals surface area (Å²) in [6, 6.07) is 4.28. The van der Waals surface area contributed by atoms with Gasteiger partial charge in [-0.05, 0) is 32.5 Å². The van der Waals surface area contributed by atoms with E-state index in [2.05, 4.69) is 36.0 Å². The Balaban J connectivity index is 2.50. The third-order valence-electron chi connectivity index (χ3n) is 2.56. The third kappa shape index (κ3) is 4.14. The number of nitrogens with zero attached hydrogens (tertiary/aromatic N) is 3. The highest BCUT2D eigenvalue weighted by atomic mass is 35.5. The molecule has 4 heteroatoms. The Bertz CT molecular complexity index is 286. The van der Waals surface area contributed by atoms with Crippen LogP contribution in [0.5, 0.6) is 0 Å². The van der Waals surface area contributed by atoms with Crippen LogP contribution in [0.25, 0.3) is 0 Å². The molecule has 0 aliphatic heterocycles. The maximum Gasteiger partial charge on any atom is 0.151 e. The van der Waals surface area contributed by atoms with E-state index in [-0.39, 0.29) is 0 Å². The van der Waals surface area contributed by atoms with Gasteiger partial charge in [-0.3, -0.25) is 4.90 Å². The van der Waals surface area contributed by atoms with Crippen molar-refractivity contribution in [3.8, 4) is 0 Å². The molecule has 1 atom stereocenters. The van der Waals surface area contributed by atoms with Gasteiger partial charge < -0.3 is 0 Å². The van der Waals surface area contributed by atoms with Crippen molar-refractivity contribution in [3.05, 3.63) is 23.0 Å². The zero-order chi connectivity index (χ0) is 11.3. The first kappa shape index (κ1) is 12.4. The molecule has 0 saturated heterocycles. The normalized spacial score (nSPS) is 13.1. The van der Waals surface area contributed by atoms with Gasteiger partial charge in [0.2, 0.25) is 0 Å². The summed E-state index contributed by atoms with van der Waals surface area (Å²) in [5, 5.41) is 8.31. The summed E-state index contributed by atoms with van der Waals surface area (Å²) < 4.78 is 0. The van der Waals surface area contributed by atoms with E-state index in [1.165, 1.54) is 12.8 Å². The van der Waals surface area contributed by atoms with Crippen molar-refractivity contribution in [2.75, 3.05) is 7.05 Å². The standard InChI is InChI=1S/C11H18ClN3/c1-4-5-9(2)15(3)8-10-6-7-11(12)14-13-10/h6-7,9H,4-5,8H2,1-3H3. The molecule has 0 aliphatic rings. The number of rotatable bonds is 5. The van der Waals surface area contributed by atoms with Gasteiger partial charge in [0.25, 0.3) is 0 Å². The van der Waals surface area contributed by atoms with Crippen LogP contribution in [0.15, 0.2) is 12.1 Å². The average Bonchev–Trinajstić information content (AvgIpc) is 2.22. The summed E-state index contributed by atoms with van der Waals surface area (Å²) >= 11 is 5.67. The van der Waals surface area contributed by atoms with Gasteiger partial charge in [0.1, 0.15) is 0 Å². The molecule has 0 fully saturated rings. The molecular formula is C11H18ClN3. The first-order valence-corrected chi connectivity index (χ1v) is 5.69. The molecule has 0 bridgehead atoms. The highest BCUT2D eigenvalue weighted by Gasteiger charge is 2.09. The molecule has 0 aliphatic carbocycles. The molecule has 1 heterocycles. The van der Waals surface area contributed by atoms with Crippen LogP contribution in [0, 0.1) is 0 Å². The average molecular weight is 228 g/mol. The van der Waals surface area contributed by atoms with Crippen molar-refractivity contribution in [2.24, 2.45) is 0 Å². The quantitative estimate of drug-likeness (QED) is 0.775. The second kappa shape index (κ2) is 6.03. The molecule has 0 spiro atoms. The second-order valence-corrected chi connectivity index (χ2v) is 4.29. The Morgan fingerprint density at radius 3 is 2.67 bits per heavy atom. The molecule has 15 heavy (non-hydrogen) atoms. The van der Waals surface area contributed by atoms with Gasteiger partial charge >= 0.3 is 0 Å². The molecule has 1 aromatic heterocycles. The lowest BCUT2D eigenvalue weighted by Crippen LogP contribution is -2.28. The summed E-state index contributed by atoms with van der Waals surface area (Å²) in [4.78, 5) is 2.28. The first-order chi connectivity index (χ1) is 7.13. The lowest BCUT2D eigenvalue weighted by atomic mass is 10.1. The van der Waals surface area contributed by atoms with Gasteiger partial charge in [0.05, 0.1) is 5.69 Å². The lowest BCUT2D eigenvalue weighted by Gasteiger charge is -2.23. The monoisotopic (exact) mass is 227 g/mol. The van der Waals surface area contributed by atoms with Gasteiger partial charge in [-0.1, -0.05) is 24.9 Å². The van der Waals surface area contributed by atoms with E-state index in [0.717, 1.165) is 12.2 Å². The molecule has 0 amide bonds. The van der Waals surface area contributed by atoms with E-state index in [4.69, 9.17) is 11.6 Å². The molecule has 0 N–H and O–H groups in total. The fourth-order valence-electron chi connectivity index (χ4n) is 1.48. The van der Waals surface area contributed by atoms with Crippen LogP contribution in [0.2, 0.25) is 5.15 Å². The van der Waals surface area contributed by atoms with Crippen LogP contribution in [0.1, 0.15) is 32.4 Å². The summed E-state index contributed by atoms with van der Waals surface area (Å²) in [7, 11) is 2.11. The van der Waals surface area contributed by atoms with E-state index in [9.17, 15) is 0 Å². The minimum absolute atomic E-state index is 0.447. The second-order valence-electron chi connectivity index (χ2n) is 3.90. The van der Waals surface area contributed by atoms with Crippen molar-refractivity contribution >= 4 is 11.6 Å². The highest BCUT2D eigenvalue weighted by Crippen LogP contribution is 2.09. The molecule has 1 aromatic rings. The summed E-state index contributed by atoms with van der Waals surface area (Å²) in [6.45, 7) is 5.25. The van der Waals surface area contributed by atoms with Gasteiger partial charge in [0, 0.05) is 12.6 Å². The molecule has 0 radical (unpaired) electrons. The zero-order valence-corrected chi connectivity index (χ0v) is 10.3. The van der Waals surface area contributed by atoms with Gasteiger partial charge in [-0.25, -0.2) is 0 Å². The van der Waals surface area contributed by atoms with Crippen molar-refractivity contribution in [3.63, 3.8) is 0 Å². The maximum absolute atomic E-state index is 5.67. The smallest absolute Gasteiger partial charge is 0.151 e. The van der Waals surface area contributed by atoms with E-state index in [1.54, 1.807) is 6.07 Å². The van der Waals surface area contributed by atoms with Crippen molar-refractivity contribution in [1.82, 2.24) is 15.1 Å². The number of hydrogen-bond acceptors (Lipinski definition) is 3. The fourth-order valence-corrected chi connectivity index (χ4v) is 1.58. The van der Waals surface area contributed by atoms with E-state index in [1.807, 2.05) is 6.07 Å². The van der Waals surface area contributed by atoms with Crippen molar-refractivity contribution in [2.45, 2.75) is 39.3 Å². The molecule has 0 saturated carbocycles. The van der Waals surface area contributed by atoms with E-state index >= 15 is 0 Å². The molecule has 1 unspecified atom stereocenters. The third-order valence-corrected chi connectivity index (χ3v) is 2.76. The Morgan fingerprint density at radius 2 is 2.13 bits per heavy atom. The summed E-state index contributed by atoms with van der Waals surface area (Å²) in [5.74, 6) is 0. The predicted molar refractivity (Wildman–Crippen MR) is 62.9 cm³/mol. The predicted octanol–water partition coefficient (Wildman–Crippen LogP) is 2.75. The topological polar surface area (TPSA) is 29.0 Å². The van der Waals surface area contributed by atoms with E-state index < -0.39 is 0 Å². The Labute approximate surface area is 96.5 Å². The Kier molecular flexibility index (Phi) is 4.99. The number of aromatic nitrogens is 2. The van der Waals surface area contributed by atoms with Gasteiger partial charge in [0.15, 0.2) is 5.15 Å². The summed E-state index contributed by atoms with van der Waals surface area (Å²) in [5.41, 5.74) is 0.963. The molecule has 1 rings (SSSR count). The lowest BCUT2D eigenvalue weighted by molar-refractivity contribution is 0.233. The Hall–Kier alpha value is -0.670. The van der Waals surface area contributed by atoms with Crippen LogP contribution in [-0.4, -0.2) is 28.2 Å². The molecular weight excluding hydrogens is 210 g/mol. The number of halogens is 1. The minimum atomic E-state index is 0.447. The van der Waals surface area contributed by atoms with Crippen molar-refractivity contribution < 1.29 is 0 Å². The van der Waals surface area contributed by atoms with Gasteiger partial charge in [-0.15, -0.1) is 5.10 Å². The van der Waals surface area contributed by atoms with Crippen LogP contribution >= 0.6 is 11.6 Å². The Morgan fingerprint density at radius 1 is 1.40 bits per heavy atom. The van der Waals surface area contributed by atoms with Gasteiger partial charge in [-0.2, -0.15) is 5.10 Å². The fraction of sp³-hybridized carbons (Fsp3) is 0.636. The van der Waals surface area contributed by atoms with Crippen LogP contribution in [0.3, 0.4) is 0 Å². The molecule has 84 valence electrons. The minimum Gasteiger partial charge on any atom is -0.298 e. The SMILES string of the molecule is CCCC(C)N(C)Cc1ccc(Cl)nn1. The largest absolute Gasteiger partial charge is 0.298 e. The molecule has 3 nitrogen and oxygen atoms in total. The van der Waals surface area contributed by atoms with Crippen LogP contribution in [-0.2, 0) is 6.54 Å². The van der Waals surface area contributed by atoms with Crippen molar-refractivity contribution in [1.29, 1.82) is 0 Å². The zero-order valence-electron chi connectivity index (χ0n) is 9.57. The highest BCUT2D eigenvalue weighted by molar-refractivity contribution is 6.29. The van der Waals surface area contributed by atoms with Crippen LogP contribution in [0.4, 0.5) is 0 Å². The first-order valence-electron chi connectivity index (χ1n) is 5.31. The summed E-state index contributed by atoms with van der Waals surface area (Å²) in [6.07, 6.45) is 2.41.